The lowest BCUT2D eigenvalue weighted by Crippen LogP contribution is -2.36. The molecule has 39 heavy (non-hydrogen) atoms. The number of ether oxygens (including phenoxy) is 1. The van der Waals surface area contributed by atoms with Crippen LogP contribution in [0.5, 0.6) is 0 Å². The van der Waals surface area contributed by atoms with E-state index in [9.17, 15) is 9.59 Å². The Bertz CT molecular complexity index is 1420. The predicted octanol–water partition coefficient (Wildman–Crippen LogP) is 6.55. The van der Waals surface area contributed by atoms with Gasteiger partial charge in [0.05, 0.1) is 12.2 Å². The van der Waals surface area contributed by atoms with Gasteiger partial charge in [-0.2, -0.15) is 0 Å². The number of nitrogens with zero attached hydrogens (tertiary/aromatic N) is 1. The summed E-state index contributed by atoms with van der Waals surface area (Å²) in [4.78, 5) is 29.4. The number of rotatable bonds is 7. The first-order chi connectivity index (χ1) is 18.8. The van der Waals surface area contributed by atoms with E-state index in [4.69, 9.17) is 16.3 Å². The zero-order chi connectivity index (χ0) is 27.5. The summed E-state index contributed by atoms with van der Waals surface area (Å²) < 4.78 is 5.79. The number of dihydropyridines is 1. The Balaban J connectivity index is 1.47. The van der Waals surface area contributed by atoms with Gasteiger partial charge >= 0.3 is 5.97 Å². The van der Waals surface area contributed by atoms with Crippen LogP contribution in [0.15, 0.2) is 101 Å². The topological polar surface area (TPSA) is 58.6 Å². The van der Waals surface area contributed by atoms with Crippen LogP contribution >= 0.6 is 11.6 Å². The minimum Gasteiger partial charge on any atom is -0.462 e. The molecule has 2 atom stereocenters. The van der Waals surface area contributed by atoms with Crippen LogP contribution in [0.4, 0.5) is 5.69 Å². The Kier molecular flexibility index (Phi) is 7.89. The molecular formula is C33H33ClN2O3. The number of hydrogen-bond acceptors (Lipinski definition) is 5. The molecule has 1 aliphatic heterocycles. The highest BCUT2D eigenvalue weighted by Crippen LogP contribution is 2.46. The molecule has 1 aliphatic carbocycles. The second kappa shape index (κ2) is 11.5. The number of nitrogens with one attached hydrogen (secondary N) is 1. The average Bonchev–Trinajstić information content (AvgIpc) is 2.93. The molecule has 0 saturated heterocycles. The first kappa shape index (κ1) is 26.8. The largest absolute Gasteiger partial charge is 0.462 e. The summed E-state index contributed by atoms with van der Waals surface area (Å²) in [5, 5.41) is 4.10. The molecule has 1 N–H and O–H groups in total. The van der Waals surface area contributed by atoms with E-state index in [-0.39, 0.29) is 18.3 Å². The molecule has 0 saturated carbocycles. The average molecular weight is 541 g/mol. The molecular weight excluding hydrogens is 508 g/mol. The number of Topliss-reactive ketones (excluding diaryl/α,β-unsaturated/α-hetero) is 1. The Hall–Kier alpha value is -3.83. The van der Waals surface area contributed by atoms with Crippen LogP contribution in [0.2, 0.25) is 5.02 Å². The van der Waals surface area contributed by atoms with E-state index < -0.39 is 11.9 Å². The molecule has 3 aromatic carbocycles. The van der Waals surface area contributed by atoms with Crippen LogP contribution in [0.25, 0.3) is 0 Å². The molecule has 0 fully saturated rings. The van der Waals surface area contributed by atoms with Crippen molar-refractivity contribution in [2.24, 2.45) is 0 Å². The van der Waals surface area contributed by atoms with Crippen LogP contribution in [-0.2, 0) is 20.7 Å². The maximum atomic E-state index is 13.8. The standard InChI is InChI=1S/C33H33ClN2O3/c1-21-30(33(38)39-18-17-22-7-5-4-6-8-22)31(24-11-15-27(16-12-24)36(2)3)32-28(35-21)19-25(20-29(32)37)23-9-13-26(34)14-10-23/h4-16,25,31,35H,17-20H2,1-3H3/t25-,31+/m0/s1. The van der Waals surface area contributed by atoms with Crippen LogP contribution in [-0.4, -0.2) is 32.5 Å². The molecule has 3 aromatic rings. The van der Waals surface area contributed by atoms with Crippen molar-refractivity contribution in [2.75, 3.05) is 25.6 Å². The number of halogens is 1. The molecule has 5 rings (SSSR count). The van der Waals surface area contributed by atoms with Gasteiger partial charge in [0, 0.05) is 60.5 Å². The van der Waals surface area contributed by atoms with E-state index in [1.165, 1.54) is 0 Å². The lowest BCUT2D eigenvalue weighted by molar-refractivity contribution is -0.139. The van der Waals surface area contributed by atoms with Gasteiger partial charge in [0.1, 0.15) is 0 Å². The Morgan fingerprint density at radius 2 is 1.62 bits per heavy atom. The van der Waals surface area contributed by atoms with Crippen LogP contribution in [0.3, 0.4) is 0 Å². The molecule has 0 spiro atoms. The van der Waals surface area contributed by atoms with E-state index in [0.717, 1.165) is 33.8 Å². The van der Waals surface area contributed by atoms with Crippen molar-refractivity contribution in [3.63, 3.8) is 0 Å². The lowest BCUT2D eigenvalue weighted by Gasteiger charge is -2.36. The van der Waals surface area contributed by atoms with Gasteiger partial charge < -0.3 is 15.0 Å². The van der Waals surface area contributed by atoms with Gasteiger partial charge in [0.2, 0.25) is 0 Å². The van der Waals surface area contributed by atoms with Crippen molar-refractivity contribution in [3.8, 4) is 0 Å². The van der Waals surface area contributed by atoms with Gasteiger partial charge in [0.25, 0.3) is 0 Å². The van der Waals surface area contributed by atoms with E-state index in [2.05, 4.69) is 5.32 Å². The molecule has 2 aliphatic rings. The maximum Gasteiger partial charge on any atom is 0.336 e. The molecule has 1 heterocycles. The zero-order valence-corrected chi connectivity index (χ0v) is 23.3. The second-order valence-electron chi connectivity index (χ2n) is 10.4. The number of allylic oxidation sites excluding steroid dienone is 3. The first-order valence-corrected chi connectivity index (χ1v) is 13.7. The number of anilines is 1. The minimum absolute atomic E-state index is 0.0463. The van der Waals surface area contributed by atoms with Gasteiger partial charge in [-0.25, -0.2) is 4.79 Å². The highest BCUT2D eigenvalue weighted by Gasteiger charge is 2.41. The van der Waals surface area contributed by atoms with Crippen LogP contribution < -0.4 is 10.2 Å². The van der Waals surface area contributed by atoms with Crippen LogP contribution in [0, 0.1) is 0 Å². The summed E-state index contributed by atoms with van der Waals surface area (Å²) in [5.41, 5.74) is 6.91. The molecule has 0 aromatic heterocycles. The van der Waals surface area contributed by atoms with Crippen molar-refractivity contribution >= 4 is 29.0 Å². The number of carbonyl (C=O) groups is 2. The van der Waals surface area contributed by atoms with E-state index in [1.807, 2.05) is 105 Å². The van der Waals surface area contributed by atoms with Crippen LogP contribution in [0.1, 0.15) is 48.3 Å². The SMILES string of the molecule is CC1=C(C(=O)OCCc2ccccc2)[C@@H](c2ccc(N(C)C)cc2)C2=C(C[C@H](c3ccc(Cl)cc3)CC2=O)N1. The number of esters is 1. The monoisotopic (exact) mass is 540 g/mol. The zero-order valence-electron chi connectivity index (χ0n) is 22.5. The van der Waals surface area contributed by atoms with E-state index in [0.29, 0.717) is 35.4 Å². The normalized spacial score (nSPS) is 18.9. The summed E-state index contributed by atoms with van der Waals surface area (Å²) in [6.45, 7) is 2.17. The smallest absolute Gasteiger partial charge is 0.336 e. The number of hydrogen-bond donors (Lipinski definition) is 1. The molecule has 6 heteroatoms. The number of benzene rings is 3. The van der Waals surface area contributed by atoms with E-state index in [1.54, 1.807) is 0 Å². The van der Waals surface area contributed by atoms with Gasteiger partial charge in [-0.3, -0.25) is 4.79 Å². The minimum atomic E-state index is -0.486. The molecule has 0 radical (unpaired) electrons. The lowest BCUT2D eigenvalue weighted by atomic mass is 9.71. The van der Waals surface area contributed by atoms with Crippen molar-refractivity contribution in [2.45, 2.75) is 38.0 Å². The highest BCUT2D eigenvalue weighted by atomic mass is 35.5. The third kappa shape index (κ3) is 5.79. The Morgan fingerprint density at radius 1 is 0.949 bits per heavy atom. The Labute approximate surface area is 235 Å². The van der Waals surface area contributed by atoms with Crippen molar-refractivity contribution in [1.29, 1.82) is 0 Å². The quantitative estimate of drug-likeness (QED) is 0.344. The van der Waals surface area contributed by atoms with E-state index >= 15 is 0 Å². The fourth-order valence-corrected chi connectivity index (χ4v) is 5.69. The van der Waals surface area contributed by atoms with Crippen molar-refractivity contribution < 1.29 is 14.3 Å². The summed E-state index contributed by atoms with van der Waals surface area (Å²) in [6.07, 6.45) is 1.69. The summed E-state index contributed by atoms with van der Waals surface area (Å²) in [7, 11) is 3.97. The molecule has 0 amide bonds. The van der Waals surface area contributed by atoms with Gasteiger partial charge in [-0.05, 0) is 60.2 Å². The molecule has 200 valence electrons. The summed E-state index contributed by atoms with van der Waals surface area (Å²) in [5.74, 6) is -0.783. The van der Waals surface area contributed by atoms with Gasteiger partial charge in [-0.15, -0.1) is 0 Å². The van der Waals surface area contributed by atoms with Gasteiger partial charge in [-0.1, -0.05) is 66.2 Å². The summed E-state index contributed by atoms with van der Waals surface area (Å²) in [6, 6.07) is 25.7. The van der Waals surface area contributed by atoms with Crippen molar-refractivity contribution in [1.82, 2.24) is 5.32 Å². The molecule has 5 nitrogen and oxygen atoms in total. The molecule has 0 bridgehead atoms. The predicted molar refractivity (Wildman–Crippen MR) is 156 cm³/mol. The fourth-order valence-electron chi connectivity index (χ4n) is 5.56. The second-order valence-corrected chi connectivity index (χ2v) is 10.9. The third-order valence-electron chi connectivity index (χ3n) is 7.60. The number of ketones is 1. The summed E-state index contributed by atoms with van der Waals surface area (Å²) >= 11 is 6.10. The molecule has 0 unspecified atom stereocenters. The highest BCUT2D eigenvalue weighted by molar-refractivity contribution is 6.30. The first-order valence-electron chi connectivity index (χ1n) is 13.3. The third-order valence-corrected chi connectivity index (χ3v) is 7.85. The Morgan fingerprint density at radius 3 is 2.28 bits per heavy atom. The maximum absolute atomic E-state index is 13.8. The van der Waals surface area contributed by atoms with Gasteiger partial charge in [0.15, 0.2) is 5.78 Å². The van der Waals surface area contributed by atoms with Crippen molar-refractivity contribution in [3.05, 3.63) is 123 Å². The number of carbonyl (C=O) groups excluding carboxylic acids is 2. The fraction of sp³-hybridized carbons (Fsp3) is 0.273.